The topological polar surface area (TPSA) is 72.5 Å². The van der Waals surface area contributed by atoms with Crippen molar-refractivity contribution >= 4 is 23.0 Å². The van der Waals surface area contributed by atoms with Crippen LogP contribution in [0.3, 0.4) is 0 Å². The van der Waals surface area contributed by atoms with Crippen LogP contribution in [0.1, 0.15) is 32.1 Å². The first-order valence-electron chi connectivity index (χ1n) is 3.81. The number of aliphatic carboxylic acids is 1. The average molecular weight is 242 g/mol. The molecule has 4 nitrogen and oxygen atoms in total. The quantitative estimate of drug-likeness (QED) is 0.524. The summed E-state index contributed by atoms with van der Waals surface area (Å²) in [4.78, 5) is 14.4. The summed E-state index contributed by atoms with van der Waals surface area (Å²) < 4.78 is 0. The monoisotopic (exact) mass is 241 g/mol. The normalized spacial score (nSPS) is 9.08. The molecule has 0 aliphatic rings. The predicted molar refractivity (Wildman–Crippen MR) is 51.2 cm³/mol. The minimum absolute atomic E-state index is 0. The molecule has 12 heavy (non-hydrogen) atoms. The molecule has 0 atom stereocenters. The van der Waals surface area contributed by atoms with Gasteiger partial charge in [-0.05, 0) is 12.8 Å². The Kier molecular flexibility index (Phi) is 13.0. The van der Waals surface area contributed by atoms with Gasteiger partial charge in [-0.15, -0.1) is 17.0 Å². The lowest BCUT2D eigenvalue weighted by Gasteiger charge is -1.97. The molecule has 5 heteroatoms. The standard InChI is InChI=1S/C7H15NO3.BrH/c8-11-6-4-2-1-3-5-7(9)10;/h1-6,8H2,(H,9,10);1H. The lowest BCUT2D eigenvalue weighted by molar-refractivity contribution is -0.137. The zero-order valence-corrected chi connectivity index (χ0v) is 8.71. The van der Waals surface area contributed by atoms with E-state index >= 15 is 0 Å². The van der Waals surface area contributed by atoms with Crippen LogP contribution in [0.15, 0.2) is 0 Å². The number of carboxylic acid groups (broad SMARTS) is 1. The number of carbonyl (C=O) groups is 1. The molecular formula is C7H16BrNO3. The van der Waals surface area contributed by atoms with E-state index in [2.05, 4.69) is 4.84 Å². The van der Waals surface area contributed by atoms with E-state index in [-0.39, 0.29) is 23.4 Å². The highest BCUT2D eigenvalue weighted by atomic mass is 79.9. The molecule has 0 rings (SSSR count). The second-order valence-corrected chi connectivity index (χ2v) is 2.43. The number of hydrogen-bond acceptors (Lipinski definition) is 3. The average Bonchev–Trinajstić information content (AvgIpc) is 1.96. The molecule has 0 saturated carbocycles. The highest BCUT2D eigenvalue weighted by Crippen LogP contribution is 2.02. The Morgan fingerprint density at radius 3 is 2.33 bits per heavy atom. The third-order valence-corrected chi connectivity index (χ3v) is 1.40. The third-order valence-electron chi connectivity index (χ3n) is 1.40. The maximum Gasteiger partial charge on any atom is 0.303 e. The van der Waals surface area contributed by atoms with E-state index in [0.717, 1.165) is 25.7 Å². The summed E-state index contributed by atoms with van der Waals surface area (Å²) in [7, 11) is 0. The maximum atomic E-state index is 10.0. The Morgan fingerprint density at radius 1 is 1.25 bits per heavy atom. The molecule has 0 unspecified atom stereocenters. The van der Waals surface area contributed by atoms with E-state index in [9.17, 15) is 4.79 Å². The van der Waals surface area contributed by atoms with Crippen LogP contribution in [-0.4, -0.2) is 17.7 Å². The Hall–Kier alpha value is -0.130. The maximum absolute atomic E-state index is 10.0. The summed E-state index contributed by atoms with van der Waals surface area (Å²) in [5.74, 6) is 4.08. The fourth-order valence-corrected chi connectivity index (χ4v) is 0.815. The van der Waals surface area contributed by atoms with Crippen molar-refractivity contribution in [2.45, 2.75) is 32.1 Å². The highest BCUT2D eigenvalue weighted by Gasteiger charge is 1.95. The fraction of sp³-hybridized carbons (Fsp3) is 0.857. The Balaban J connectivity index is 0. The van der Waals surface area contributed by atoms with Gasteiger partial charge in [0.1, 0.15) is 0 Å². The Morgan fingerprint density at radius 2 is 1.83 bits per heavy atom. The van der Waals surface area contributed by atoms with Gasteiger partial charge >= 0.3 is 5.97 Å². The summed E-state index contributed by atoms with van der Waals surface area (Å²) >= 11 is 0. The molecule has 0 spiro atoms. The smallest absolute Gasteiger partial charge is 0.303 e. The van der Waals surface area contributed by atoms with E-state index in [1.165, 1.54) is 0 Å². The van der Waals surface area contributed by atoms with Crippen LogP contribution < -0.4 is 5.90 Å². The van der Waals surface area contributed by atoms with Gasteiger partial charge in [0.25, 0.3) is 0 Å². The SMILES string of the molecule is Br.NOCCCCCCC(=O)O. The van der Waals surface area contributed by atoms with Crippen molar-refractivity contribution in [3.05, 3.63) is 0 Å². The largest absolute Gasteiger partial charge is 0.481 e. The minimum Gasteiger partial charge on any atom is -0.481 e. The number of carboxylic acids is 1. The number of unbranched alkanes of at least 4 members (excludes halogenated alkanes) is 3. The molecule has 0 radical (unpaired) electrons. The highest BCUT2D eigenvalue weighted by molar-refractivity contribution is 8.93. The van der Waals surface area contributed by atoms with Crippen LogP contribution in [0.4, 0.5) is 0 Å². The summed E-state index contributed by atoms with van der Waals surface area (Å²) in [6.45, 7) is 0.563. The van der Waals surface area contributed by atoms with Gasteiger partial charge in [-0.3, -0.25) is 4.79 Å². The van der Waals surface area contributed by atoms with Crippen LogP contribution in [0.2, 0.25) is 0 Å². The first kappa shape index (κ1) is 14.4. The molecule has 0 amide bonds. The van der Waals surface area contributed by atoms with Gasteiger partial charge in [-0.1, -0.05) is 12.8 Å². The molecule has 0 aromatic carbocycles. The van der Waals surface area contributed by atoms with Crippen molar-refractivity contribution in [2.75, 3.05) is 6.61 Å². The molecule has 74 valence electrons. The number of halogens is 1. The lowest BCUT2D eigenvalue weighted by Crippen LogP contribution is -2.00. The van der Waals surface area contributed by atoms with Gasteiger partial charge in [0.05, 0.1) is 6.61 Å². The van der Waals surface area contributed by atoms with Gasteiger partial charge in [0, 0.05) is 6.42 Å². The second kappa shape index (κ2) is 10.9. The molecular weight excluding hydrogens is 226 g/mol. The lowest BCUT2D eigenvalue weighted by atomic mass is 10.1. The van der Waals surface area contributed by atoms with Gasteiger partial charge in [-0.25, -0.2) is 5.90 Å². The molecule has 0 bridgehead atoms. The minimum atomic E-state index is -0.722. The number of rotatable bonds is 7. The molecule has 0 heterocycles. The van der Waals surface area contributed by atoms with Crippen LogP contribution in [0.25, 0.3) is 0 Å². The first-order chi connectivity index (χ1) is 5.27. The Labute approximate surface area is 82.8 Å². The molecule has 3 N–H and O–H groups in total. The van der Waals surface area contributed by atoms with Crippen LogP contribution in [0, 0.1) is 0 Å². The fourth-order valence-electron chi connectivity index (χ4n) is 0.815. The second-order valence-electron chi connectivity index (χ2n) is 2.43. The van der Waals surface area contributed by atoms with Gasteiger partial charge in [0.15, 0.2) is 0 Å². The summed E-state index contributed by atoms with van der Waals surface area (Å²) in [6, 6.07) is 0. The van der Waals surface area contributed by atoms with Gasteiger partial charge in [0.2, 0.25) is 0 Å². The molecule has 0 aliphatic heterocycles. The zero-order chi connectivity index (χ0) is 8.53. The van der Waals surface area contributed by atoms with Crippen LogP contribution >= 0.6 is 17.0 Å². The Bertz CT molecular complexity index is 111. The van der Waals surface area contributed by atoms with E-state index in [1.54, 1.807) is 0 Å². The van der Waals surface area contributed by atoms with Crippen molar-refractivity contribution < 1.29 is 14.7 Å². The third kappa shape index (κ3) is 12.5. The molecule has 0 aromatic rings. The summed E-state index contributed by atoms with van der Waals surface area (Å²) in [6.07, 6.45) is 3.86. The van der Waals surface area contributed by atoms with Crippen molar-refractivity contribution in [1.82, 2.24) is 0 Å². The zero-order valence-electron chi connectivity index (χ0n) is 6.99. The van der Waals surface area contributed by atoms with Crippen LogP contribution in [0.5, 0.6) is 0 Å². The molecule has 0 aromatic heterocycles. The van der Waals surface area contributed by atoms with E-state index in [4.69, 9.17) is 11.0 Å². The van der Waals surface area contributed by atoms with E-state index in [0.29, 0.717) is 6.61 Å². The van der Waals surface area contributed by atoms with Crippen molar-refractivity contribution in [3.8, 4) is 0 Å². The van der Waals surface area contributed by atoms with Gasteiger partial charge < -0.3 is 9.94 Å². The van der Waals surface area contributed by atoms with E-state index < -0.39 is 5.97 Å². The summed E-state index contributed by atoms with van der Waals surface area (Å²) in [5.41, 5.74) is 0. The first-order valence-corrected chi connectivity index (χ1v) is 3.81. The molecule has 0 saturated heterocycles. The van der Waals surface area contributed by atoms with Crippen molar-refractivity contribution in [2.24, 2.45) is 5.90 Å². The van der Waals surface area contributed by atoms with Crippen molar-refractivity contribution in [1.29, 1.82) is 0 Å². The van der Waals surface area contributed by atoms with Crippen molar-refractivity contribution in [3.63, 3.8) is 0 Å². The van der Waals surface area contributed by atoms with E-state index in [1.807, 2.05) is 0 Å². The van der Waals surface area contributed by atoms with Gasteiger partial charge in [-0.2, -0.15) is 0 Å². The molecule has 0 aliphatic carbocycles. The molecule has 0 fully saturated rings. The number of nitrogens with two attached hydrogens (primary N) is 1. The predicted octanol–water partition coefficient (Wildman–Crippen LogP) is 1.49. The number of hydrogen-bond donors (Lipinski definition) is 2. The summed E-state index contributed by atoms with van der Waals surface area (Å²) in [5, 5.41) is 8.27. The van der Waals surface area contributed by atoms with Crippen LogP contribution in [-0.2, 0) is 9.63 Å².